The van der Waals surface area contributed by atoms with Gasteiger partial charge in [-0.15, -0.1) is 0 Å². The SMILES string of the molecule is COCCN1CCN(C(=O)c2coc(COc3ccc4c(c3)C(c3ccc(F)cc3)N(C(C)=O)CC4)n2)CC1. The maximum atomic E-state index is 13.6. The van der Waals surface area contributed by atoms with E-state index < -0.39 is 0 Å². The predicted octanol–water partition coefficient (Wildman–Crippen LogP) is 3.29. The van der Waals surface area contributed by atoms with Gasteiger partial charge >= 0.3 is 0 Å². The Kier molecular flexibility index (Phi) is 8.23. The minimum atomic E-state index is -0.337. The highest BCUT2D eigenvalue weighted by molar-refractivity contribution is 5.92. The molecular weight excluding hydrogens is 503 g/mol. The summed E-state index contributed by atoms with van der Waals surface area (Å²) in [5, 5.41) is 0. The van der Waals surface area contributed by atoms with E-state index in [-0.39, 0.29) is 36.0 Å². The monoisotopic (exact) mass is 536 g/mol. The minimum absolute atomic E-state index is 0.0466. The standard InChI is InChI=1S/C29H33FN4O5/c1-20(35)34-10-9-21-5-8-24(17-25(21)28(34)22-3-6-23(30)7-4-22)38-19-27-31-26(18-39-27)29(36)33-13-11-32(12-14-33)15-16-37-2/h3-8,17-18,28H,9-16,19H2,1-2H3. The first kappa shape index (κ1) is 26.8. The van der Waals surface area contributed by atoms with Crippen molar-refractivity contribution in [1.82, 2.24) is 19.7 Å². The van der Waals surface area contributed by atoms with Crippen molar-refractivity contribution in [3.05, 3.63) is 82.8 Å². The molecule has 10 heteroatoms. The summed E-state index contributed by atoms with van der Waals surface area (Å²) < 4.78 is 30.3. The fraction of sp³-hybridized carbons (Fsp3) is 0.414. The molecular formula is C29H33FN4O5. The maximum absolute atomic E-state index is 13.6. The zero-order valence-electron chi connectivity index (χ0n) is 22.3. The van der Waals surface area contributed by atoms with Crippen LogP contribution in [-0.2, 0) is 22.6 Å². The highest BCUT2D eigenvalue weighted by atomic mass is 19.1. The van der Waals surface area contributed by atoms with Gasteiger partial charge in [-0.3, -0.25) is 14.5 Å². The van der Waals surface area contributed by atoms with Crippen molar-refractivity contribution in [2.24, 2.45) is 0 Å². The molecule has 0 N–H and O–H groups in total. The van der Waals surface area contributed by atoms with E-state index in [2.05, 4.69) is 9.88 Å². The Hall–Kier alpha value is -3.76. The molecule has 2 aliphatic heterocycles. The van der Waals surface area contributed by atoms with Crippen LogP contribution in [0.2, 0.25) is 0 Å². The lowest BCUT2D eigenvalue weighted by Gasteiger charge is -2.37. The van der Waals surface area contributed by atoms with Gasteiger partial charge in [-0.2, -0.15) is 0 Å². The first-order valence-corrected chi connectivity index (χ1v) is 13.2. The van der Waals surface area contributed by atoms with Gasteiger partial charge in [0.05, 0.1) is 12.6 Å². The van der Waals surface area contributed by atoms with Gasteiger partial charge in [0.15, 0.2) is 12.3 Å². The number of benzene rings is 2. The van der Waals surface area contributed by atoms with Crippen LogP contribution in [0.25, 0.3) is 0 Å². The Labute approximate surface area is 227 Å². The van der Waals surface area contributed by atoms with Crippen molar-refractivity contribution in [2.75, 3.05) is 53.0 Å². The minimum Gasteiger partial charge on any atom is -0.484 e. The lowest BCUT2D eigenvalue weighted by Crippen LogP contribution is -2.49. The van der Waals surface area contributed by atoms with Crippen LogP contribution in [0.1, 0.15) is 46.0 Å². The first-order valence-electron chi connectivity index (χ1n) is 13.2. The molecule has 1 fully saturated rings. The van der Waals surface area contributed by atoms with Gasteiger partial charge in [0.2, 0.25) is 11.8 Å². The van der Waals surface area contributed by atoms with E-state index in [1.807, 2.05) is 18.2 Å². The number of methoxy groups -OCH3 is 1. The van der Waals surface area contributed by atoms with Crippen LogP contribution >= 0.6 is 0 Å². The third kappa shape index (κ3) is 6.12. The topological polar surface area (TPSA) is 88.4 Å². The number of hydrogen-bond donors (Lipinski definition) is 0. The second kappa shape index (κ2) is 12.0. The molecule has 3 aromatic rings. The van der Waals surface area contributed by atoms with Crippen molar-refractivity contribution in [3.8, 4) is 5.75 Å². The number of ether oxygens (including phenoxy) is 2. The summed E-state index contributed by atoms with van der Waals surface area (Å²) in [6.07, 6.45) is 2.10. The number of fused-ring (bicyclic) bond motifs is 1. The summed E-state index contributed by atoms with van der Waals surface area (Å²) in [5.74, 6) is 0.362. The van der Waals surface area contributed by atoms with Crippen molar-refractivity contribution < 1.29 is 27.9 Å². The number of carbonyl (C=O) groups excluding carboxylic acids is 2. The quantitative estimate of drug-likeness (QED) is 0.437. The summed E-state index contributed by atoms with van der Waals surface area (Å²) in [4.78, 5) is 35.6. The van der Waals surface area contributed by atoms with Gasteiger partial charge in [-0.1, -0.05) is 18.2 Å². The molecule has 0 aliphatic carbocycles. The lowest BCUT2D eigenvalue weighted by atomic mass is 9.88. The van der Waals surface area contributed by atoms with Gasteiger partial charge < -0.3 is 23.7 Å². The zero-order valence-corrected chi connectivity index (χ0v) is 22.3. The van der Waals surface area contributed by atoms with E-state index in [1.165, 1.54) is 18.4 Å². The summed E-state index contributed by atoms with van der Waals surface area (Å²) >= 11 is 0. The smallest absolute Gasteiger partial charge is 0.275 e. The Balaban J connectivity index is 1.25. The number of aromatic nitrogens is 1. The number of amides is 2. The number of carbonyl (C=O) groups is 2. The van der Waals surface area contributed by atoms with Crippen LogP contribution in [0.3, 0.4) is 0 Å². The molecule has 2 aromatic carbocycles. The molecule has 0 spiro atoms. The van der Waals surface area contributed by atoms with Crippen LogP contribution in [0.4, 0.5) is 4.39 Å². The maximum Gasteiger partial charge on any atom is 0.275 e. The van der Waals surface area contributed by atoms with E-state index in [4.69, 9.17) is 13.9 Å². The summed E-state index contributed by atoms with van der Waals surface area (Å²) in [7, 11) is 1.68. The largest absolute Gasteiger partial charge is 0.484 e. The van der Waals surface area contributed by atoms with Gasteiger partial charge in [-0.05, 0) is 47.4 Å². The molecule has 0 radical (unpaired) electrons. The van der Waals surface area contributed by atoms with Crippen molar-refractivity contribution in [1.29, 1.82) is 0 Å². The Bertz CT molecular complexity index is 1300. The van der Waals surface area contributed by atoms with Crippen LogP contribution in [0.5, 0.6) is 5.75 Å². The molecule has 2 aliphatic rings. The highest BCUT2D eigenvalue weighted by Crippen LogP contribution is 2.37. The van der Waals surface area contributed by atoms with Gasteiger partial charge in [-0.25, -0.2) is 9.37 Å². The molecule has 39 heavy (non-hydrogen) atoms. The van der Waals surface area contributed by atoms with Crippen molar-refractivity contribution in [2.45, 2.75) is 26.0 Å². The normalized spacial score (nSPS) is 17.7. The number of halogens is 1. The average Bonchev–Trinajstić information content (AvgIpc) is 3.43. The van der Waals surface area contributed by atoms with Gasteiger partial charge in [0, 0.05) is 53.3 Å². The number of rotatable bonds is 8. The van der Waals surface area contributed by atoms with Crippen LogP contribution in [0, 0.1) is 5.82 Å². The molecule has 0 bridgehead atoms. The lowest BCUT2D eigenvalue weighted by molar-refractivity contribution is -0.130. The number of piperazine rings is 1. The van der Waals surface area contributed by atoms with E-state index in [9.17, 15) is 14.0 Å². The second-order valence-electron chi connectivity index (χ2n) is 9.82. The highest BCUT2D eigenvalue weighted by Gasteiger charge is 2.31. The average molecular weight is 537 g/mol. The molecule has 2 amide bonds. The fourth-order valence-corrected chi connectivity index (χ4v) is 5.20. The molecule has 1 unspecified atom stereocenters. The molecule has 3 heterocycles. The number of oxazole rings is 1. The predicted molar refractivity (Wildman–Crippen MR) is 141 cm³/mol. The van der Waals surface area contributed by atoms with Gasteiger partial charge in [0.25, 0.3) is 5.91 Å². The van der Waals surface area contributed by atoms with E-state index in [0.717, 1.165) is 42.7 Å². The van der Waals surface area contributed by atoms with E-state index in [0.29, 0.717) is 37.9 Å². The van der Waals surface area contributed by atoms with Crippen molar-refractivity contribution >= 4 is 11.8 Å². The third-order valence-corrected chi connectivity index (χ3v) is 7.34. The second-order valence-corrected chi connectivity index (χ2v) is 9.82. The molecule has 0 saturated carbocycles. The summed E-state index contributed by atoms with van der Waals surface area (Å²) in [5.41, 5.74) is 3.15. The first-order chi connectivity index (χ1) is 18.9. The summed E-state index contributed by atoms with van der Waals surface area (Å²) in [6.45, 7) is 6.55. The van der Waals surface area contributed by atoms with Crippen molar-refractivity contribution in [3.63, 3.8) is 0 Å². The molecule has 1 atom stereocenters. The van der Waals surface area contributed by atoms with Gasteiger partial charge in [0.1, 0.15) is 17.8 Å². The Morgan fingerprint density at radius 2 is 1.85 bits per heavy atom. The molecule has 5 rings (SSSR count). The molecule has 9 nitrogen and oxygen atoms in total. The van der Waals surface area contributed by atoms with E-state index in [1.54, 1.807) is 36.0 Å². The van der Waals surface area contributed by atoms with Crippen LogP contribution in [0.15, 0.2) is 53.1 Å². The fourth-order valence-electron chi connectivity index (χ4n) is 5.20. The Morgan fingerprint density at radius 1 is 1.08 bits per heavy atom. The molecule has 1 saturated heterocycles. The third-order valence-electron chi connectivity index (χ3n) is 7.34. The zero-order chi connectivity index (χ0) is 27.4. The van der Waals surface area contributed by atoms with Crippen LogP contribution in [-0.4, -0.2) is 84.5 Å². The number of hydrogen-bond acceptors (Lipinski definition) is 7. The van der Waals surface area contributed by atoms with E-state index >= 15 is 0 Å². The summed E-state index contributed by atoms with van der Waals surface area (Å²) in [6, 6.07) is 11.7. The molecule has 1 aromatic heterocycles. The Morgan fingerprint density at radius 3 is 2.56 bits per heavy atom. The molecule has 206 valence electrons. The van der Waals surface area contributed by atoms with Crippen LogP contribution < -0.4 is 4.74 Å². The number of nitrogens with zero attached hydrogens (tertiary/aromatic N) is 4.